The van der Waals surface area contributed by atoms with Gasteiger partial charge < -0.3 is 0 Å². The predicted octanol–water partition coefficient (Wildman–Crippen LogP) is 5.48. The zero-order chi connectivity index (χ0) is 12.6. The van der Waals surface area contributed by atoms with Crippen LogP contribution in [0.4, 0.5) is 0 Å². The van der Waals surface area contributed by atoms with E-state index in [0.717, 1.165) is 28.3 Å². The van der Waals surface area contributed by atoms with Crippen molar-refractivity contribution in [2.45, 2.75) is 88.6 Å². The Hall–Kier alpha value is 0.860. The SMILES string of the molecule is CC(CP1[C@@H](C)CC[C@@H]1C)P1[C@@H](C)CC[C@@H]1C. The summed E-state index contributed by atoms with van der Waals surface area (Å²) in [6, 6.07) is 0. The Morgan fingerprint density at radius 2 is 1.24 bits per heavy atom. The minimum absolute atomic E-state index is 0.333. The topological polar surface area (TPSA) is 0 Å². The van der Waals surface area contributed by atoms with E-state index in [1.807, 2.05) is 0 Å². The summed E-state index contributed by atoms with van der Waals surface area (Å²) >= 11 is 0. The van der Waals surface area contributed by atoms with Crippen LogP contribution in [-0.2, 0) is 0 Å². The molecule has 0 nitrogen and oxygen atoms in total. The minimum Gasteiger partial charge on any atom is -0.100 e. The quantitative estimate of drug-likeness (QED) is 0.597. The summed E-state index contributed by atoms with van der Waals surface area (Å²) in [5, 5.41) is 0. The summed E-state index contributed by atoms with van der Waals surface area (Å²) in [6.45, 7) is 12.7. The van der Waals surface area contributed by atoms with E-state index in [1.54, 1.807) is 6.16 Å². The lowest BCUT2D eigenvalue weighted by atomic mass is 10.2. The molecule has 0 radical (unpaired) electrons. The Balaban J connectivity index is 1.94. The van der Waals surface area contributed by atoms with E-state index in [-0.39, 0.29) is 0 Å². The molecule has 0 N–H and O–H groups in total. The molecule has 1 unspecified atom stereocenters. The van der Waals surface area contributed by atoms with Gasteiger partial charge in [0.1, 0.15) is 0 Å². The second-order valence-corrected chi connectivity index (χ2v) is 13.2. The minimum atomic E-state index is 0.333. The summed E-state index contributed by atoms with van der Waals surface area (Å²) < 4.78 is 0. The lowest BCUT2D eigenvalue weighted by Crippen LogP contribution is -2.16. The zero-order valence-electron chi connectivity index (χ0n) is 12.3. The van der Waals surface area contributed by atoms with Crippen LogP contribution in [0.3, 0.4) is 0 Å². The Morgan fingerprint density at radius 3 is 1.71 bits per heavy atom. The average Bonchev–Trinajstić information content (AvgIpc) is 2.75. The molecule has 0 aromatic carbocycles. The molecule has 0 aliphatic carbocycles. The summed E-state index contributed by atoms with van der Waals surface area (Å²) in [5.74, 6) is 0. The van der Waals surface area contributed by atoms with Gasteiger partial charge in [-0.05, 0) is 60.1 Å². The molecule has 2 rings (SSSR count). The molecule has 0 aromatic heterocycles. The molecule has 0 aromatic rings. The van der Waals surface area contributed by atoms with Crippen LogP contribution in [0.5, 0.6) is 0 Å². The fourth-order valence-corrected chi connectivity index (χ4v) is 12.1. The fourth-order valence-electron chi connectivity index (χ4n) is 4.09. The highest BCUT2D eigenvalue weighted by Gasteiger charge is 2.37. The lowest BCUT2D eigenvalue weighted by Gasteiger charge is -2.33. The van der Waals surface area contributed by atoms with Crippen molar-refractivity contribution in [1.29, 1.82) is 0 Å². The van der Waals surface area contributed by atoms with Crippen molar-refractivity contribution in [1.82, 2.24) is 0 Å². The van der Waals surface area contributed by atoms with Gasteiger partial charge in [-0.3, -0.25) is 0 Å². The maximum Gasteiger partial charge on any atom is -0.0193 e. The molecule has 0 spiro atoms. The van der Waals surface area contributed by atoms with Crippen LogP contribution in [0.1, 0.15) is 60.3 Å². The first-order chi connectivity index (χ1) is 8.00. The van der Waals surface area contributed by atoms with Crippen molar-refractivity contribution >= 4 is 15.8 Å². The molecular formula is C15H30P2. The van der Waals surface area contributed by atoms with Crippen molar-refractivity contribution in [2.75, 3.05) is 6.16 Å². The molecule has 0 bridgehead atoms. The zero-order valence-corrected chi connectivity index (χ0v) is 14.1. The molecule has 2 aliphatic rings. The number of rotatable bonds is 3. The third kappa shape index (κ3) is 3.06. The summed E-state index contributed by atoms with van der Waals surface area (Å²) in [5.41, 5.74) is 5.28. The molecule has 0 amide bonds. The number of hydrogen-bond acceptors (Lipinski definition) is 0. The van der Waals surface area contributed by atoms with E-state index in [2.05, 4.69) is 34.6 Å². The highest BCUT2D eigenvalue weighted by molar-refractivity contribution is 7.64. The van der Waals surface area contributed by atoms with Gasteiger partial charge in [-0.15, -0.1) is 7.92 Å². The van der Waals surface area contributed by atoms with Crippen LogP contribution in [-0.4, -0.2) is 34.5 Å². The normalized spacial score (nSPS) is 42.2. The predicted molar refractivity (Wildman–Crippen MR) is 84.5 cm³/mol. The van der Waals surface area contributed by atoms with Crippen molar-refractivity contribution in [3.8, 4) is 0 Å². The molecule has 2 heteroatoms. The summed E-state index contributed by atoms with van der Waals surface area (Å²) in [4.78, 5) is 0. The highest BCUT2D eigenvalue weighted by Crippen LogP contribution is 2.64. The molecule has 17 heavy (non-hydrogen) atoms. The number of hydrogen-bond donors (Lipinski definition) is 0. The van der Waals surface area contributed by atoms with Gasteiger partial charge in [0, 0.05) is 0 Å². The maximum absolute atomic E-state index is 2.59. The van der Waals surface area contributed by atoms with E-state index in [0.29, 0.717) is 15.8 Å². The van der Waals surface area contributed by atoms with E-state index in [1.165, 1.54) is 25.7 Å². The maximum atomic E-state index is 2.59. The van der Waals surface area contributed by atoms with E-state index >= 15 is 0 Å². The van der Waals surface area contributed by atoms with Gasteiger partial charge >= 0.3 is 0 Å². The first-order valence-corrected chi connectivity index (χ1v) is 10.7. The van der Waals surface area contributed by atoms with E-state index < -0.39 is 0 Å². The summed E-state index contributed by atoms with van der Waals surface area (Å²) in [6.07, 6.45) is 7.66. The molecule has 5 atom stereocenters. The first kappa shape index (κ1) is 14.3. The molecule has 2 aliphatic heterocycles. The van der Waals surface area contributed by atoms with Crippen LogP contribution in [0.15, 0.2) is 0 Å². The smallest absolute Gasteiger partial charge is 0.0193 e. The van der Waals surface area contributed by atoms with Crippen molar-refractivity contribution in [3.63, 3.8) is 0 Å². The molecule has 0 saturated carbocycles. The van der Waals surface area contributed by atoms with Crippen molar-refractivity contribution < 1.29 is 0 Å². The highest BCUT2D eigenvalue weighted by atomic mass is 31.1. The third-order valence-corrected chi connectivity index (χ3v) is 12.9. The van der Waals surface area contributed by atoms with Crippen LogP contribution in [0, 0.1) is 0 Å². The van der Waals surface area contributed by atoms with Crippen LogP contribution in [0.25, 0.3) is 0 Å². The van der Waals surface area contributed by atoms with Gasteiger partial charge in [0.25, 0.3) is 0 Å². The van der Waals surface area contributed by atoms with Crippen molar-refractivity contribution in [2.24, 2.45) is 0 Å². The largest absolute Gasteiger partial charge is 0.100 e. The van der Waals surface area contributed by atoms with Crippen LogP contribution >= 0.6 is 15.8 Å². The average molecular weight is 272 g/mol. The molecular weight excluding hydrogens is 242 g/mol. The Labute approximate surface area is 111 Å². The van der Waals surface area contributed by atoms with Gasteiger partial charge in [-0.2, -0.15) is 0 Å². The molecule has 2 saturated heterocycles. The van der Waals surface area contributed by atoms with E-state index in [9.17, 15) is 0 Å². The lowest BCUT2D eigenvalue weighted by molar-refractivity contribution is 0.777. The van der Waals surface area contributed by atoms with Crippen molar-refractivity contribution in [3.05, 3.63) is 0 Å². The van der Waals surface area contributed by atoms with Gasteiger partial charge in [0.15, 0.2) is 0 Å². The molecule has 100 valence electrons. The Kier molecular flexibility index (Phi) is 4.94. The second kappa shape index (κ2) is 5.88. The first-order valence-electron chi connectivity index (χ1n) is 7.54. The standard InChI is InChI=1S/C15H30P2/c1-11-6-7-12(2)16(11)10-15(5)17-13(3)8-9-14(17)4/h11-15H,6-10H2,1-5H3/t11-,12-,13-,14-,15?/m0/s1. The van der Waals surface area contributed by atoms with Gasteiger partial charge in [0.2, 0.25) is 0 Å². The fraction of sp³-hybridized carbons (Fsp3) is 1.00. The van der Waals surface area contributed by atoms with Gasteiger partial charge in [0.05, 0.1) is 0 Å². The molecule has 2 fully saturated rings. The van der Waals surface area contributed by atoms with Gasteiger partial charge in [-0.1, -0.05) is 42.5 Å². The van der Waals surface area contributed by atoms with Crippen LogP contribution in [0.2, 0.25) is 0 Å². The van der Waals surface area contributed by atoms with Crippen LogP contribution < -0.4 is 0 Å². The summed E-state index contributed by atoms with van der Waals surface area (Å²) in [7, 11) is 0.688. The third-order valence-electron chi connectivity index (χ3n) is 5.14. The molecule has 2 heterocycles. The second-order valence-electron chi connectivity index (χ2n) is 6.54. The Morgan fingerprint density at radius 1 is 0.824 bits per heavy atom. The Bertz CT molecular complexity index is 233. The van der Waals surface area contributed by atoms with Gasteiger partial charge in [-0.25, -0.2) is 0 Å². The monoisotopic (exact) mass is 272 g/mol. The van der Waals surface area contributed by atoms with E-state index in [4.69, 9.17) is 0 Å².